The Kier molecular flexibility index (Phi) is 10.1. The largest absolute Gasteiger partial charge is 0.368 e. The number of aryl methyl sites for hydroxylation is 1. The molecule has 1 saturated heterocycles. The molecule has 2 aliphatic heterocycles. The van der Waals surface area contributed by atoms with Gasteiger partial charge in [0.25, 0.3) is 5.91 Å². The van der Waals surface area contributed by atoms with Gasteiger partial charge in [0.1, 0.15) is 12.3 Å². The zero-order valence-corrected chi connectivity index (χ0v) is 23.4. The maximum atomic E-state index is 13.1. The fourth-order valence-corrected chi connectivity index (χ4v) is 5.90. The number of anilines is 1. The third-order valence-electron chi connectivity index (χ3n) is 7.62. The zero-order chi connectivity index (χ0) is 27.1. The minimum atomic E-state index is -0.631. The third kappa shape index (κ3) is 6.68. The van der Waals surface area contributed by atoms with E-state index in [2.05, 4.69) is 21.2 Å². The molecule has 2 aromatic carbocycles. The summed E-state index contributed by atoms with van der Waals surface area (Å²) < 4.78 is 0. The van der Waals surface area contributed by atoms with Crippen molar-refractivity contribution in [3.8, 4) is 0 Å². The second-order valence-electron chi connectivity index (χ2n) is 9.99. The molecule has 0 bridgehead atoms. The lowest BCUT2D eigenvalue weighted by Gasteiger charge is -2.36. The molecule has 0 saturated carbocycles. The number of rotatable bonds is 12. The van der Waals surface area contributed by atoms with Gasteiger partial charge in [0, 0.05) is 56.8 Å². The Morgan fingerprint density at radius 3 is 2.61 bits per heavy atom. The predicted octanol–water partition coefficient (Wildman–Crippen LogP) is 4.58. The molecule has 204 valence electrons. The summed E-state index contributed by atoms with van der Waals surface area (Å²) in [7, 11) is 1.56. The number of fused-ring (bicyclic) bond motifs is 1. The maximum absolute atomic E-state index is 13.1. The molecule has 1 atom stereocenters. The van der Waals surface area contributed by atoms with Crippen molar-refractivity contribution in [1.29, 1.82) is 0 Å². The van der Waals surface area contributed by atoms with Gasteiger partial charge in [-0.2, -0.15) is 0 Å². The second kappa shape index (κ2) is 13.5. The van der Waals surface area contributed by atoms with Gasteiger partial charge in [0.15, 0.2) is 0 Å². The van der Waals surface area contributed by atoms with Crippen LogP contribution in [0, 0.1) is 0 Å². The topological polar surface area (TPSA) is 73.0 Å². The van der Waals surface area contributed by atoms with Crippen molar-refractivity contribution < 1.29 is 14.4 Å². The number of amides is 2. The number of carbonyl (C=O) groups is 3. The van der Waals surface area contributed by atoms with E-state index in [1.807, 2.05) is 30.3 Å². The molecule has 4 rings (SSSR count). The van der Waals surface area contributed by atoms with E-state index in [1.54, 1.807) is 11.9 Å². The molecular weight excluding hydrogens is 523 g/mol. The molecule has 0 aliphatic carbocycles. The Hall–Kier alpha value is -2.61. The lowest BCUT2D eigenvalue weighted by atomic mass is 9.98. The monoisotopic (exact) mass is 558 g/mol. The van der Waals surface area contributed by atoms with Gasteiger partial charge in [-0.25, -0.2) is 0 Å². The van der Waals surface area contributed by atoms with Crippen LogP contribution in [0.2, 0.25) is 10.0 Å². The predicted molar refractivity (Wildman–Crippen MR) is 152 cm³/mol. The van der Waals surface area contributed by atoms with Gasteiger partial charge in [0.05, 0.1) is 10.7 Å². The van der Waals surface area contributed by atoms with Crippen LogP contribution in [0.4, 0.5) is 5.69 Å². The van der Waals surface area contributed by atoms with Crippen molar-refractivity contribution in [1.82, 2.24) is 15.1 Å². The second-order valence-corrected chi connectivity index (χ2v) is 10.8. The first-order valence-electron chi connectivity index (χ1n) is 13.4. The first kappa shape index (κ1) is 28.4. The highest BCUT2D eigenvalue weighted by Gasteiger charge is 2.36. The number of hydrogen-bond acceptors (Lipinski definition) is 5. The highest BCUT2D eigenvalue weighted by atomic mass is 35.5. The molecule has 1 fully saturated rings. The molecule has 9 heteroatoms. The molecule has 2 amide bonds. The molecule has 0 spiro atoms. The van der Waals surface area contributed by atoms with E-state index in [9.17, 15) is 14.4 Å². The standard InChI is InChI=1S/C29H36Cl2N4O3/c1-32-28(37)26(10-6-18-36)35-20-24-21(8-5-9-23(24)29(35)38)7-3-2-4-13-33-14-16-34(17-15-33)27-19-22(30)11-12-25(27)31/h5,8-9,11-12,18-19,26H,2-4,6-7,10,13-17,20H2,1H3,(H,32,37). The maximum Gasteiger partial charge on any atom is 0.255 e. The molecule has 0 radical (unpaired) electrons. The number of carbonyl (C=O) groups excluding carboxylic acids is 3. The van der Waals surface area contributed by atoms with Crippen molar-refractivity contribution in [3.05, 3.63) is 63.1 Å². The van der Waals surface area contributed by atoms with Gasteiger partial charge in [-0.05, 0) is 67.6 Å². The zero-order valence-electron chi connectivity index (χ0n) is 21.9. The Bertz CT molecular complexity index is 1150. The number of aldehydes is 1. The van der Waals surface area contributed by atoms with Gasteiger partial charge in [0.2, 0.25) is 5.91 Å². The van der Waals surface area contributed by atoms with Crippen LogP contribution in [0.15, 0.2) is 36.4 Å². The summed E-state index contributed by atoms with van der Waals surface area (Å²) in [5, 5.41) is 4.08. The number of hydrogen-bond donors (Lipinski definition) is 1. The highest BCUT2D eigenvalue weighted by Crippen LogP contribution is 2.31. The number of nitrogens with zero attached hydrogens (tertiary/aromatic N) is 3. The van der Waals surface area contributed by atoms with E-state index < -0.39 is 6.04 Å². The first-order valence-corrected chi connectivity index (χ1v) is 14.2. The molecule has 1 unspecified atom stereocenters. The first-order chi connectivity index (χ1) is 18.4. The number of piperazine rings is 1. The van der Waals surface area contributed by atoms with Gasteiger partial charge in [-0.15, -0.1) is 0 Å². The van der Waals surface area contributed by atoms with Gasteiger partial charge < -0.3 is 19.9 Å². The van der Waals surface area contributed by atoms with Crippen molar-refractivity contribution in [2.75, 3.05) is 44.7 Å². The van der Waals surface area contributed by atoms with E-state index in [0.29, 0.717) is 23.6 Å². The van der Waals surface area contributed by atoms with E-state index in [0.717, 1.165) is 81.0 Å². The quantitative estimate of drug-likeness (QED) is 0.305. The van der Waals surface area contributed by atoms with Gasteiger partial charge in [-0.3, -0.25) is 14.5 Å². The van der Waals surface area contributed by atoms with Crippen LogP contribution in [0.1, 0.15) is 53.6 Å². The Balaban J connectivity index is 1.24. The van der Waals surface area contributed by atoms with Crippen LogP contribution in [0.3, 0.4) is 0 Å². The lowest BCUT2D eigenvalue weighted by molar-refractivity contribution is -0.125. The molecule has 2 aromatic rings. The van der Waals surface area contributed by atoms with Crippen LogP contribution in [-0.2, 0) is 22.6 Å². The lowest BCUT2D eigenvalue weighted by Crippen LogP contribution is -2.46. The third-order valence-corrected chi connectivity index (χ3v) is 8.17. The summed E-state index contributed by atoms with van der Waals surface area (Å²) in [5.74, 6) is -0.356. The van der Waals surface area contributed by atoms with Gasteiger partial charge >= 0.3 is 0 Å². The van der Waals surface area contributed by atoms with Crippen molar-refractivity contribution >= 4 is 47.0 Å². The Morgan fingerprint density at radius 2 is 1.87 bits per heavy atom. The van der Waals surface area contributed by atoms with Crippen LogP contribution >= 0.6 is 23.2 Å². The number of benzene rings is 2. The molecule has 1 N–H and O–H groups in total. The minimum Gasteiger partial charge on any atom is -0.368 e. The van der Waals surface area contributed by atoms with Gasteiger partial charge in [-0.1, -0.05) is 41.8 Å². The molecule has 38 heavy (non-hydrogen) atoms. The summed E-state index contributed by atoms with van der Waals surface area (Å²) >= 11 is 12.5. The van der Waals surface area contributed by atoms with E-state index in [1.165, 1.54) is 5.56 Å². The number of nitrogens with one attached hydrogen (secondary N) is 1. The summed E-state index contributed by atoms with van der Waals surface area (Å²) in [6, 6.07) is 10.9. The van der Waals surface area contributed by atoms with Crippen LogP contribution in [-0.4, -0.2) is 73.7 Å². The normalized spacial score (nSPS) is 16.4. The van der Waals surface area contributed by atoms with E-state index >= 15 is 0 Å². The van der Waals surface area contributed by atoms with E-state index in [-0.39, 0.29) is 18.2 Å². The van der Waals surface area contributed by atoms with Crippen molar-refractivity contribution in [2.45, 2.75) is 51.1 Å². The Morgan fingerprint density at radius 1 is 1.08 bits per heavy atom. The van der Waals surface area contributed by atoms with Crippen molar-refractivity contribution in [3.63, 3.8) is 0 Å². The number of halogens is 2. The minimum absolute atomic E-state index is 0.125. The Labute approximate surface area is 235 Å². The van der Waals surface area contributed by atoms with E-state index in [4.69, 9.17) is 23.2 Å². The van der Waals surface area contributed by atoms with Crippen LogP contribution < -0.4 is 10.2 Å². The average Bonchev–Trinajstić information content (AvgIpc) is 3.27. The van der Waals surface area contributed by atoms with Crippen molar-refractivity contribution in [2.24, 2.45) is 0 Å². The smallest absolute Gasteiger partial charge is 0.255 e. The number of likely N-dealkylation sites (N-methyl/N-ethyl adjacent to an activating group) is 1. The molecule has 2 aliphatic rings. The molecule has 7 nitrogen and oxygen atoms in total. The van der Waals surface area contributed by atoms with Crippen LogP contribution in [0.5, 0.6) is 0 Å². The number of unbranched alkanes of at least 4 members (excludes halogenated alkanes) is 2. The summed E-state index contributed by atoms with van der Waals surface area (Å²) in [6.45, 7) is 5.37. The fourth-order valence-electron chi connectivity index (χ4n) is 5.49. The molecule has 2 heterocycles. The van der Waals surface area contributed by atoms with Crippen LogP contribution in [0.25, 0.3) is 0 Å². The summed E-state index contributed by atoms with van der Waals surface area (Å²) in [6.07, 6.45) is 5.57. The summed E-state index contributed by atoms with van der Waals surface area (Å²) in [5.41, 5.74) is 3.89. The molecule has 0 aromatic heterocycles. The summed E-state index contributed by atoms with van der Waals surface area (Å²) in [4.78, 5) is 42.9. The SMILES string of the molecule is CNC(=O)C(CCC=O)N1Cc2c(CCCCCN3CCN(c4cc(Cl)ccc4Cl)CC3)cccc2C1=O. The average molecular weight is 560 g/mol. The fraction of sp³-hybridized carbons (Fsp3) is 0.483. The molecular formula is C29H36Cl2N4O3. The highest BCUT2D eigenvalue weighted by molar-refractivity contribution is 6.35.